The van der Waals surface area contributed by atoms with E-state index in [1.54, 1.807) is 0 Å². The maximum absolute atomic E-state index is 11.1. The summed E-state index contributed by atoms with van der Waals surface area (Å²) in [5, 5.41) is 4.94. The molecule has 1 rings (SSSR count). The van der Waals surface area contributed by atoms with Gasteiger partial charge in [0.05, 0.1) is 12.7 Å². The van der Waals surface area contributed by atoms with Gasteiger partial charge in [0, 0.05) is 0 Å². The summed E-state index contributed by atoms with van der Waals surface area (Å²) in [5.74, 6) is -0.912. The van der Waals surface area contributed by atoms with E-state index >= 15 is 0 Å². The molecule has 82 valence electrons. The number of hydrogen-bond donors (Lipinski definition) is 2. The van der Waals surface area contributed by atoms with Crippen LogP contribution < -0.4 is 15.6 Å². The van der Waals surface area contributed by atoms with Crippen LogP contribution in [-0.2, 0) is 10.0 Å². The second-order valence-corrected chi connectivity index (χ2v) is 4.28. The summed E-state index contributed by atoms with van der Waals surface area (Å²) in [6.45, 7) is 0. The topological polar surface area (TPSA) is 112 Å². The van der Waals surface area contributed by atoms with E-state index in [9.17, 15) is 13.2 Å². The summed E-state index contributed by atoms with van der Waals surface area (Å²) in [5.41, 5.74) is 5.02. The Morgan fingerprint density at radius 2 is 2.00 bits per heavy atom. The van der Waals surface area contributed by atoms with Gasteiger partial charge in [0.15, 0.2) is 5.75 Å². The smallest absolute Gasteiger partial charge is 0.252 e. The van der Waals surface area contributed by atoms with Crippen LogP contribution in [0.15, 0.2) is 23.1 Å². The minimum atomic E-state index is -3.93. The molecule has 0 fully saturated rings. The number of amides is 1. The summed E-state index contributed by atoms with van der Waals surface area (Å²) in [7, 11) is -2.70. The molecule has 15 heavy (non-hydrogen) atoms. The highest BCUT2D eigenvalue weighted by atomic mass is 32.2. The van der Waals surface area contributed by atoms with Gasteiger partial charge < -0.3 is 10.5 Å². The molecule has 0 aliphatic heterocycles. The van der Waals surface area contributed by atoms with Gasteiger partial charge in [-0.05, 0) is 12.1 Å². The molecule has 0 heterocycles. The molecule has 0 radical (unpaired) electrons. The highest BCUT2D eigenvalue weighted by Crippen LogP contribution is 2.26. The zero-order valence-corrected chi connectivity index (χ0v) is 8.74. The summed E-state index contributed by atoms with van der Waals surface area (Å²) in [4.78, 5) is 10.7. The molecule has 1 aromatic rings. The van der Waals surface area contributed by atoms with E-state index in [0.717, 1.165) is 0 Å². The lowest BCUT2D eigenvalue weighted by atomic mass is 10.2. The zero-order valence-electron chi connectivity index (χ0n) is 7.93. The first kappa shape index (κ1) is 11.5. The van der Waals surface area contributed by atoms with Crippen LogP contribution in [0, 0.1) is 0 Å². The highest BCUT2D eigenvalue weighted by molar-refractivity contribution is 7.89. The first-order chi connectivity index (χ1) is 6.88. The van der Waals surface area contributed by atoms with Crippen LogP contribution in [0.2, 0.25) is 0 Å². The number of primary sulfonamides is 1. The molecule has 7 heteroatoms. The van der Waals surface area contributed by atoms with E-state index in [1.165, 1.54) is 25.3 Å². The van der Waals surface area contributed by atoms with Crippen LogP contribution in [-0.4, -0.2) is 21.4 Å². The maximum Gasteiger partial charge on any atom is 0.252 e. The van der Waals surface area contributed by atoms with Crippen molar-refractivity contribution in [1.82, 2.24) is 0 Å². The Kier molecular flexibility index (Phi) is 2.96. The number of methoxy groups -OCH3 is 1. The number of hydrogen-bond acceptors (Lipinski definition) is 4. The standard InChI is InChI=1S/C8H10N2O4S/c1-14-7-5(8(9)11)3-2-4-6(7)15(10,12)13/h2-4H,1H3,(H2,9,11)(H2,10,12,13). The van der Waals surface area contributed by atoms with Crippen molar-refractivity contribution in [1.29, 1.82) is 0 Å². The number of ether oxygens (including phenoxy) is 1. The molecule has 0 spiro atoms. The first-order valence-corrected chi connectivity index (χ1v) is 5.42. The van der Waals surface area contributed by atoms with Crippen molar-refractivity contribution >= 4 is 15.9 Å². The van der Waals surface area contributed by atoms with Crippen molar-refractivity contribution < 1.29 is 17.9 Å². The Hall–Kier alpha value is -1.60. The number of benzene rings is 1. The molecular weight excluding hydrogens is 220 g/mol. The van der Waals surface area contributed by atoms with Gasteiger partial charge in [0.2, 0.25) is 10.0 Å². The second-order valence-electron chi connectivity index (χ2n) is 2.75. The van der Waals surface area contributed by atoms with E-state index in [4.69, 9.17) is 15.6 Å². The number of primary amides is 1. The quantitative estimate of drug-likeness (QED) is 0.724. The fraction of sp³-hybridized carbons (Fsp3) is 0.125. The fourth-order valence-corrected chi connectivity index (χ4v) is 1.86. The van der Waals surface area contributed by atoms with Crippen molar-refractivity contribution in [3.63, 3.8) is 0 Å². The van der Waals surface area contributed by atoms with Crippen LogP contribution in [0.1, 0.15) is 10.4 Å². The maximum atomic E-state index is 11.1. The van der Waals surface area contributed by atoms with Crippen LogP contribution in [0.25, 0.3) is 0 Å². The first-order valence-electron chi connectivity index (χ1n) is 3.87. The van der Waals surface area contributed by atoms with Crippen LogP contribution in [0.5, 0.6) is 5.75 Å². The number of sulfonamides is 1. The highest BCUT2D eigenvalue weighted by Gasteiger charge is 2.19. The van der Waals surface area contributed by atoms with Gasteiger partial charge in [-0.25, -0.2) is 13.6 Å². The number of para-hydroxylation sites is 1. The monoisotopic (exact) mass is 230 g/mol. The number of carbonyl (C=O) groups is 1. The van der Waals surface area contributed by atoms with E-state index < -0.39 is 15.9 Å². The Labute approximate surface area is 86.9 Å². The molecule has 0 atom stereocenters. The van der Waals surface area contributed by atoms with Gasteiger partial charge in [-0.3, -0.25) is 4.79 Å². The normalized spacial score (nSPS) is 11.1. The Morgan fingerprint density at radius 1 is 1.40 bits per heavy atom. The molecule has 0 aliphatic carbocycles. The summed E-state index contributed by atoms with van der Waals surface area (Å²) in [6.07, 6.45) is 0. The molecule has 1 amide bonds. The fourth-order valence-electron chi connectivity index (χ4n) is 1.14. The lowest BCUT2D eigenvalue weighted by molar-refractivity contribution is 0.0997. The zero-order chi connectivity index (χ0) is 11.6. The molecule has 6 nitrogen and oxygen atoms in total. The van der Waals surface area contributed by atoms with Crippen LogP contribution >= 0.6 is 0 Å². The van der Waals surface area contributed by atoms with Crippen molar-refractivity contribution in [2.24, 2.45) is 10.9 Å². The van der Waals surface area contributed by atoms with Gasteiger partial charge >= 0.3 is 0 Å². The van der Waals surface area contributed by atoms with Crippen molar-refractivity contribution in [3.8, 4) is 5.75 Å². The van der Waals surface area contributed by atoms with Gasteiger partial charge in [0.1, 0.15) is 4.90 Å². The molecule has 0 aliphatic rings. The largest absolute Gasteiger partial charge is 0.494 e. The molecule has 0 saturated carbocycles. The molecule has 0 saturated heterocycles. The van der Waals surface area contributed by atoms with Gasteiger partial charge in [-0.15, -0.1) is 0 Å². The van der Waals surface area contributed by atoms with E-state index in [0.29, 0.717) is 0 Å². The molecule has 4 N–H and O–H groups in total. The summed E-state index contributed by atoms with van der Waals surface area (Å²) in [6, 6.07) is 3.96. The number of nitrogens with two attached hydrogens (primary N) is 2. The van der Waals surface area contributed by atoms with Gasteiger partial charge in [0.25, 0.3) is 5.91 Å². The second kappa shape index (κ2) is 3.87. The van der Waals surface area contributed by atoms with E-state index in [2.05, 4.69) is 0 Å². The molecule has 0 unspecified atom stereocenters. The minimum absolute atomic E-state index is 0.0241. The van der Waals surface area contributed by atoms with Crippen molar-refractivity contribution in [2.75, 3.05) is 7.11 Å². The minimum Gasteiger partial charge on any atom is -0.494 e. The Bertz CT molecular complexity index is 495. The van der Waals surface area contributed by atoms with Crippen molar-refractivity contribution in [2.45, 2.75) is 4.90 Å². The molecular formula is C8H10N2O4S. The summed E-state index contributed by atoms with van der Waals surface area (Å²) >= 11 is 0. The third-order valence-corrected chi connectivity index (χ3v) is 2.69. The predicted molar refractivity (Wildman–Crippen MR) is 52.9 cm³/mol. The van der Waals surface area contributed by atoms with E-state index in [-0.39, 0.29) is 16.2 Å². The number of rotatable bonds is 3. The average Bonchev–Trinajstić information content (AvgIpc) is 2.15. The Morgan fingerprint density at radius 3 is 2.40 bits per heavy atom. The SMILES string of the molecule is COc1c(C(N)=O)cccc1S(N)(=O)=O. The third-order valence-electron chi connectivity index (χ3n) is 1.76. The Balaban J connectivity index is 3.56. The van der Waals surface area contributed by atoms with Crippen molar-refractivity contribution in [3.05, 3.63) is 23.8 Å². The molecule has 1 aromatic carbocycles. The van der Waals surface area contributed by atoms with Gasteiger partial charge in [-0.1, -0.05) is 6.07 Å². The predicted octanol–water partition coefficient (Wildman–Crippen LogP) is -0.558. The average molecular weight is 230 g/mol. The van der Waals surface area contributed by atoms with Crippen LogP contribution in [0.3, 0.4) is 0 Å². The summed E-state index contributed by atoms with van der Waals surface area (Å²) < 4.78 is 27.1. The lowest BCUT2D eigenvalue weighted by Crippen LogP contribution is -2.17. The number of carbonyl (C=O) groups excluding carboxylic acids is 1. The van der Waals surface area contributed by atoms with Crippen LogP contribution in [0.4, 0.5) is 0 Å². The van der Waals surface area contributed by atoms with E-state index in [1.807, 2.05) is 0 Å². The molecule has 0 bridgehead atoms. The third kappa shape index (κ3) is 2.25. The lowest BCUT2D eigenvalue weighted by Gasteiger charge is -2.09. The molecule has 0 aromatic heterocycles. The van der Waals surface area contributed by atoms with Gasteiger partial charge in [-0.2, -0.15) is 0 Å².